The molecule has 2 aromatic carbocycles. The number of likely N-dealkylation sites (tertiary alicyclic amines) is 1. The van der Waals surface area contributed by atoms with Gasteiger partial charge in [0.1, 0.15) is 12.4 Å². The minimum atomic E-state index is -1.36. The van der Waals surface area contributed by atoms with Crippen molar-refractivity contribution in [2.45, 2.75) is 39.0 Å². The second-order valence-electron chi connectivity index (χ2n) is 6.67. The first-order chi connectivity index (χ1) is 13.0. The van der Waals surface area contributed by atoms with Crippen molar-refractivity contribution in [3.8, 4) is 5.75 Å². The first-order valence-electron chi connectivity index (χ1n) is 8.97. The number of benzene rings is 2. The van der Waals surface area contributed by atoms with E-state index >= 15 is 0 Å². The van der Waals surface area contributed by atoms with Crippen molar-refractivity contribution in [3.05, 3.63) is 65.2 Å². The summed E-state index contributed by atoms with van der Waals surface area (Å²) in [5, 5.41) is 8.79. The average molecular weight is 369 g/mol. The average Bonchev–Trinajstić information content (AvgIpc) is 3.09. The van der Waals surface area contributed by atoms with Gasteiger partial charge in [0.2, 0.25) is 5.91 Å². The van der Waals surface area contributed by atoms with Gasteiger partial charge in [0.05, 0.1) is 6.42 Å². The van der Waals surface area contributed by atoms with E-state index in [0.29, 0.717) is 25.3 Å². The van der Waals surface area contributed by atoms with Crippen LogP contribution in [0.4, 0.5) is 4.79 Å². The highest BCUT2D eigenvalue weighted by molar-refractivity contribution is 5.79. The van der Waals surface area contributed by atoms with Gasteiger partial charge in [-0.15, -0.1) is 0 Å². The molecule has 0 aliphatic carbocycles. The quantitative estimate of drug-likeness (QED) is 0.785. The van der Waals surface area contributed by atoms with Gasteiger partial charge in [-0.05, 0) is 36.6 Å². The van der Waals surface area contributed by atoms with Gasteiger partial charge in [-0.3, -0.25) is 4.79 Å². The zero-order valence-electron chi connectivity index (χ0n) is 15.3. The van der Waals surface area contributed by atoms with E-state index < -0.39 is 12.4 Å². The van der Waals surface area contributed by atoms with Gasteiger partial charge in [0.25, 0.3) is 0 Å². The number of amides is 1. The number of aryl methyl sites for hydroxylation is 1. The maximum Gasteiger partial charge on any atom is 0.507 e. The molecule has 0 bridgehead atoms. The number of nitrogens with zero attached hydrogens (tertiary/aromatic N) is 1. The van der Waals surface area contributed by atoms with Crippen molar-refractivity contribution in [2.75, 3.05) is 6.54 Å². The van der Waals surface area contributed by atoms with E-state index in [9.17, 15) is 9.59 Å². The van der Waals surface area contributed by atoms with Gasteiger partial charge < -0.3 is 19.5 Å². The summed E-state index contributed by atoms with van der Waals surface area (Å²) in [6, 6.07) is 15.5. The molecule has 6 heteroatoms. The predicted molar refractivity (Wildman–Crippen MR) is 99.5 cm³/mol. The Hall–Kier alpha value is -3.02. The molecule has 0 unspecified atom stereocenters. The van der Waals surface area contributed by atoms with Crippen molar-refractivity contribution in [2.24, 2.45) is 0 Å². The van der Waals surface area contributed by atoms with Gasteiger partial charge in [0, 0.05) is 13.0 Å². The highest BCUT2D eigenvalue weighted by atomic mass is 16.7. The van der Waals surface area contributed by atoms with Crippen LogP contribution in [0.15, 0.2) is 48.5 Å². The maximum atomic E-state index is 12.5. The largest absolute Gasteiger partial charge is 0.507 e. The number of hydrogen-bond acceptors (Lipinski definition) is 4. The van der Waals surface area contributed by atoms with Crippen molar-refractivity contribution in [1.82, 2.24) is 4.90 Å². The summed E-state index contributed by atoms with van der Waals surface area (Å²) < 4.78 is 10.6. The molecule has 1 amide bonds. The van der Waals surface area contributed by atoms with Crippen LogP contribution in [0.25, 0.3) is 0 Å². The molecule has 1 aliphatic heterocycles. The van der Waals surface area contributed by atoms with Gasteiger partial charge in [0.15, 0.2) is 6.23 Å². The fourth-order valence-electron chi connectivity index (χ4n) is 3.13. The lowest BCUT2D eigenvalue weighted by Crippen LogP contribution is -2.39. The second-order valence-corrected chi connectivity index (χ2v) is 6.67. The Morgan fingerprint density at radius 1 is 1.15 bits per heavy atom. The van der Waals surface area contributed by atoms with Gasteiger partial charge >= 0.3 is 6.16 Å². The van der Waals surface area contributed by atoms with Gasteiger partial charge in [-0.2, -0.15) is 0 Å². The molecule has 6 nitrogen and oxygen atoms in total. The van der Waals surface area contributed by atoms with E-state index in [0.717, 1.165) is 17.5 Å². The third-order valence-corrected chi connectivity index (χ3v) is 4.53. The molecule has 1 heterocycles. The summed E-state index contributed by atoms with van der Waals surface area (Å²) in [6.07, 6.45) is -0.579. The summed E-state index contributed by atoms with van der Waals surface area (Å²) in [4.78, 5) is 24.8. The molecule has 1 aliphatic rings. The molecular formula is C21H23NO5. The molecule has 1 fully saturated rings. The van der Waals surface area contributed by atoms with Crippen molar-refractivity contribution in [3.63, 3.8) is 0 Å². The highest BCUT2D eigenvalue weighted by Crippen LogP contribution is 2.21. The van der Waals surface area contributed by atoms with Crippen molar-refractivity contribution in [1.29, 1.82) is 0 Å². The van der Waals surface area contributed by atoms with Crippen LogP contribution >= 0.6 is 0 Å². The minimum Gasteiger partial charge on any atom is -0.489 e. The first kappa shape index (κ1) is 18.8. The van der Waals surface area contributed by atoms with Crippen LogP contribution in [0.1, 0.15) is 29.5 Å². The van der Waals surface area contributed by atoms with Crippen LogP contribution < -0.4 is 4.74 Å². The third-order valence-electron chi connectivity index (χ3n) is 4.53. The number of carbonyl (C=O) groups is 2. The van der Waals surface area contributed by atoms with E-state index in [2.05, 4.69) is 0 Å². The number of ether oxygens (including phenoxy) is 2. The SMILES string of the molecule is Cc1ccc(COc2cccc(CC(=O)N3CCC[C@H]3OC(=O)O)c2)cc1. The summed E-state index contributed by atoms with van der Waals surface area (Å²) in [5.41, 5.74) is 3.10. The summed E-state index contributed by atoms with van der Waals surface area (Å²) in [7, 11) is 0. The topological polar surface area (TPSA) is 76.1 Å². The van der Waals surface area contributed by atoms with Crippen LogP contribution in [-0.2, 0) is 22.6 Å². The number of carboxylic acid groups (broad SMARTS) is 1. The molecule has 1 N–H and O–H groups in total. The first-order valence-corrected chi connectivity index (χ1v) is 8.97. The molecule has 0 saturated carbocycles. The second kappa shape index (κ2) is 8.58. The van der Waals surface area contributed by atoms with Crippen LogP contribution in [0.2, 0.25) is 0 Å². The predicted octanol–water partition coefficient (Wildman–Crippen LogP) is 3.76. The Kier molecular flexibility index (Phi) is 5.96. The summed E-state index contributed by atoms with van der Waals surface area (Å²) in [6.45, 7) is 3.01. The Balaban J connectivity index is 1.59. The standard InChI is InChI=1S/C21H23NO5/c1-15-7-9-16(10-8-15)14-26-18-5-2-4-17(12-18)13-19(23)22-11-3-6-20(22)27-21(24)25/h2,4-5,7-10,12,20H,3,6,11,13-14H2,1H3,(H,24,25)/t20-/m1/s1. The molecule has 0 aromatic heterocycles. The van der Waals surface area contributed by atoms with E-state index in [1.807, 2.05) is 55.5 Å². The van der Waals surface area contributed by atoms with Crippen LogP contribution in [0.3, 0.4) is 0 Å². The Bertz CT molecular complexity index is 802. The fourth-order valence-corrected chi connectivity index (χ4v) is 3.13. The molecule has 0 spiro atoms. The van der Waals surface area contributed by atoms with Gasteiger partial charge in [-0.1, -0.05) is 42.0 Å². The van der Waals surface area contributed by atoms with E-state index in [1.54, 1.807) is 0 Å². The monoisotopic (exact) mass is 369 g/mol. The lowest BCUT2D eigenvalue weighted by atomic mass is 10.1. The van der Waals surface area contributed by atoms with Crippen LogP contribution in [-0.4, -0.2) is 34.8 Å². The number of rotatable bonds is 6. The molecule has 27 heavy (non-hydrogen) atoms. The van der Waals surface area contributed by atoms with Crippen LogP contribution in [0, 0.1) is 6.92 Å². The molecule has 2 aromatic rings. The number of hydrogen-bond donors (Lipinski definition) is 1. The Labute approximate surface area is 158 Å². The third kappa shape index (κ3) is 5.23. The van der Waals surface area contributed by atoms with E-state index in [4.69, 9.17) is 14.6 Å². The molecule has 142 valence electrons. The van der Waals surface area contributed by atoms with Crippen molar-refractivity contribution < 1.29 is 24.2 Å². The summed E-state index contributed by atoms with van der Waals surface area (Å²) in [5.74, 6) is 0.551. The zero-order valence-corrected chi connectivity index (χ0v) is 15.3. The maximum absolute atomic E-state index is 12.5. The van der Waals surface area contributed by atoms with Gasteiger partial charge in [-0.25, -0.2) is 4.79 Å². The van der Waals surface area contributed by atoms with E-state index in [-0.39, 0.29) is 12.3 Å². The minimum absolute atomic E-state index is 0.144. The fraction of sp³-hybridized carbons (Fsp3) is 0.333. The molecule has 0 radical (unpaired) electrons. The zero-order chi connectivity index (χ0) is 19.2. The molecule has 1 atom stereocenters. The lowest BCUT2D eigenvalue weighted by Gasteiger charge is -2.23. The molecular weight excluding hydrogens is 346 g/mol. The van der Waals surface area contributed by atoms with E-state index in [1.165, 1.54) is 10.5 Å². The Morgan fingerprint density at radius 3 is 2.67 bits per heavy atom. The normalized spacial score (nSPS) is 16.2. The smallest absolute Gasteiger partial charge is 0.489 e. The molecule has 1 saturated heterocycles. The molecule has 3 rings (SSSR count). The van der Waals surface area contributed by atoms with Crippen LogP contribution in [0.5, 0.6) is 5.75 Å². The van der Waals surface area contributed by atoms with Crippen molar-refractivity contribution >= 4 is 12.1 Å². The summed E-state index contributed by atoms with van der Waals surface area (Å²) >= 11 is 0. The number of carbonyl (C=O) groups excluding carboxylic acids is 1. The Morgan fingerprint density at radius 2 is 1.93 bits per heavy atom. The lowest BCUT2D eigenvalue weighted by molar-refractivity contribution is -0.138. The highest BCUT2D eigenvalue weighted by Gasteiger charge is 2.31.